The molecule has 10 aromatic carbocycles. The standard InChI is InChI=1S/C64H44N4SSi2/c1-5-21-47(22-6-1)70(48-23-7-2-8-24-48)60-33-17-13-29-54(60)67(55-30-14-18-34-61(55)70)46-38-40-59-52(44-46)51-43-45(37-39-58(51)69-59)53-41-42-65-64(66-53)68-56-31-15-19-35-62(56)71(49-25-9-3-10-26-49,50-27-11-4-12-28-50)63-36-20-16-32-57(63)68/h1-44H. The molecule has 2 aliphatic rings. The van der Waals surface area contributed by atoms with Gasteiger partial charge in [-0.2, -0.15) is 0 Å². The second-order valence-corrected chi connectivity index (χ2v) is 27.0. The molecule has 0 atom stereocenters. The molecule has 12 aromatic rings. The second-order valence-electron chi connectivity index (χ2n) is 18.4. The van der Waals surface area contributed by atoms with Gasteiger partial charge in [-0.15, -0.1) is 11.3 Å². The summed E-state index contributed by atoms with van der Waals surface area (Å²) in [4.78, 5) is 15.3. The van der Waals surface area contributed by atoms with Crippen LogP contribution in [0.2, 0.25) is 0 Å². The molecule has 71 heavy (non-hydrogen) atoms. The Bertz CT molecular complexity index is 3800. The molecular weight excluding hydrogens is 913 g/mol. The highest BCUT2D eigenvalue weighted by atomic mass is 32.1. The maximum Gasteiger partial charge on any atom is 0.235 e. The van der Waals surface area contributed by atoms with Gasteiger partial charge in [0.05, 0.1) is 5.69 Å². The first kappa shape index (κ1) is 41.5. The van der Waals surface area contributed by atoms with E-state index in [2.05, 4.69) is 271 Å². The van der Waals surface area contributed by atoms with E-state index in [0.29, 0.717) is 5.95 Å². The lowest BCUT2D eigenvalue weighted by molar-refractivity contribution is 1.09. The second kappa shape index (κ2) is 16.6. The molecule has 0 saturated heterocycles. The average molecular weight is 957 g/mol. The molecule has 4 nitrogen and oxygen atoms in total. The Morgan fingerprint density at radius 1 is 0.338 bits per heavy atom. The van der Waals surface area contributed by atoms with E-state index in [4.69, 9.17) is 9.97 Å². The van der Waals surface area contributed by atoms with Gasteiger partial charge in [-0.05, 0) is 102 Å². The number of thiophene rings is 1. The third-order valence-corrected chi connectivity index (χ3v) is 25.7. The van der Waals surface area contributed by atoms with Crippen LogP contribution in [0.4, 0.5) is 34.4 Å². The Morgan fingerprint density at radius 3 is 1.17 bits per heavy atom. The van der Waals surface area contributed by atoms with Crippen LogP contribution in [0.5, 0.6) is 0 Å². The van der Waals surface area contributed by atoms with Crippen LogP contribution in [0.15, 0.2) is 267 Å². The normalized spacial score (nSPS) is 14.1. The smallest absolute Gasteiger partial charge is 0.235 e. The van der Waals surface area contributed by atoms with Gasteiger partial charge in [-0.3, -0.25) is 4.90 Å². The Labute approximate surface area is 419 Å². The highest BCUT2D eigenvalue weighted by Crippen LogP contribution is 2.44. The van der Waals surface area contributed by atoms with Crippen LogP contribution < -0.4 is 51.3 Å². The van der Waals surface area contributed by atoms with Gasteiger partial charge >= 0.3 is 0 Å². The van der Waals surface area contributed by atoms with Crippen molar-refractivity contribution in [2.45, 2.75) is 0 Å². The van der Waals surface area contributed by atoms with Crippen molar-refractivity contribution in [1.29, 1.82) is 0 Å². The largest absolute Gasteiger partial charge is 0.311 e. The third kappa shape index (κ3) is 6.20. The molecule has 0 fully saturated rings. The molecule has 7 heteroatoms. The SMILES string of the molecule is c1ccc([Si]2(c3ccccc3)c3ccccc3N(c3ccc4sc5ccc(-c6ccnc(N7c8ccccc8[Si](c8ccccc8)(c8ccccc8)c8ccccc87)n6)cc5c4c3)c3ccccc32)cc1. The lowest BCUT2D eigenvalue weighted by Gasteiger charge is -2.45. The molecular formula is C64H44N4SSi2. The predicted molar refractivity (Wildman–Crippen MR) is 304 cm³/mol. The third-order valence-electron chi connectivity index (χ3n) is 14.9. The van der Waals surface area contributed by atoms with Crippen LogP contribution in [0.1, 0.15) is 0 Å². The molecule has 14 rings (SSSR count). The maximum atomic E-state index is 5.46. The first-order valence-electron chi connectivity index (χ1n) is 24.2. The molecule has 0 aliphatic carbocycles. The Kier molecular flexibility index (Phi) is 9.71. The van der Waals surface area contributed by atoms with Crippen LogP contribution in [-0.2, 0) is 0 Å². The van der Waals surface area contributed by atoms with Crippen molar-refractivity contribution in [3.05, 3.63) is 267 Å². The minimum Gasteiger partial charge on any atom is -0.311 e. The van der Waals surface area contributed by atoms with Crippen molar-refractivity contribution < 1.29 is 0 Å². The molecule has 0 spiro atoms. The van der Waals surface area contributed by atoms with Crippen molar-refractivity contribution in [3.8, 4) is 11.3 Å². The summed E-state index contributed by atoms with van der Waals surface area (Å²) in [7, 11) is -5.50. The summed E-state index contributed by atoms with van der Waals surface area (Å²) in [6, 6.07) is 96.7. The first-order chi connectivity index (χ1) is 35.2. The number of anilines is 6. The van der Waals surface area contributed by atoms with E-state index in [1.807, 2.05) is 17.5 Å². The van der Waals surface area contributed by atoms with E-state index in [9.17, 15) is 0 Å². The fourth-order valence-corrected chi connectivity index (χ4v) is 23.3. The fraction of sp³-hybridized carbons (Fsp3) is 0. The number of aromatic nitrogens is 2. The highest BCUT2D eigenvalue weighted by Gasteiger charge is 2.50. The van der Waals surface area contributed by atoms with Gasteiger partial charge in [0.15, 0.2) is 16.1 Å². The van der Waals surface area contributed by atoms with E-state index in [0.717, 1.165) is 28.3 Å². The van der Waals surface area contributed by atoms with Gasteiger partial charge in [0.1, 0.15) is 0 Å². The van der Waals surface area contributed by atoms with E-state index in [-0.39, 0.29) is 0 Å². The molecule has 2 aliphatic heterocycles. The summed E-state index contributed by atoms with van der Waals surface area (Å²) < 4.78 is 2.50. The molecule has 0 bridgehead atoms. The summed E-state index contributed by atoms with van der Waals surface area (Å²) in [5, 5.41) is 13.3. The summed E-state index contributed by atoms with van der Waals surface area (Å²) in [5.41, 5.74) is 7.76. The van der Waals surface area contributed by atoms with E-state index in [1.54, 1.807) is 0 Å². The average Bonchev–Trinajstić information content (AvgIpc) is 3.82. The van der Waals surface area contributed by atoms with E-state index < -0.39 is 16.1 Å². The van der Waals surface area contributed by atoms with Crippen molar-refractivity contribution >= 4 is 124 Å². The Balaban J connectivity index is 0.903. The highest BCUT2D eigenvalue weighted by molar-refractivity contribution is 7.26. The van der Waals surface area contributed by atoms with Crippen LogP contribution >= 0.6 is 11.3 Å². The van der Waals surface area contributed by atoms with Gasteiger partial charge in [0.25, 0.3) is 0 Å². The summed E-state index contributed by atoms with van der Waals surface area (Å²) in [5.74, 6) is 0.650. The lowest BCUT2D eigenvalue weighted by Crippen LogP contribution is -2.77. The zero-order chi connectivity index (χ0) is 46.9. The number of hydrogen-bond acceptors (Lipinski definition) is 5. The number of benzene rings is 10. The van der Waals surface area contributed by atoms with Crippen LogP contribution in [0, 0.1) is 0 Å². The van der Waals surface area contributed by atoms with Crippen molar-refractivity contribution in [2.75, 3.05) is 9.80 Å². The maximum absolute atomic E-state index is 5.46. The summed E-state index contributed by atoms with van der Waals surface area (Å²) in [6.07, 6.45) is 1.92. The topological polar surface area (TPSA) is 32.3 Å². The zero-order valence-corrected chi connectivity index (χ0v) is 41.4. The van der Waals surface area contributed by atoms with Gasteiger partial charge < -0.3 is 4.90 Å². The molecule has 0 unspecified atom stereocenters. The quantitative estimate of drug-likeness (QED) is 0.149. The molecule has 0 N–H and O–H groups in total. The van der Waals surface area contributed by atoms with Gasteiger partial charge in [-0.25, -0.2) is 9.97 Å². The molecule has 0 saturated carbocycles. The van der Waals surface area contributed by atoms with Crippen LogP contribution in [0.3, 0.4) is 0 Å². The number of hydrogen-bond donors (Lipinski definition) is 0. The molecule has 0 radical (unpaired) electrons. The molecule has 334 valence electrons. The van der Waals surface area contributed by atoms with E-state index in [1.165, 1.54) is 73.0 Å². The zero-order valence-electron chi connectivity index (χ0n) is 38.6. The van der Waals surface area contributed by atoms with Crippen LogP contribution in [-0.4, -0.2) is 26.1 Å². The minimum absolute atomic E-state index is 0.650. The first-order valence-corrected chi connectivity index (χ1v) is 29.0. The van der Waals surface area contributed by atoms with Crippen molar-refractivity contribution in [3.63, 3.8) is 0 Å². The van der Waals surface area contributed by atoms with Gasteiger partial charge in [0, 0.05) is 60.4 Å². The van der Waals surface area contributed by atoms with Crippen molar-refractivity contribution in [2.24, 2.45) is 0 Å². The summed E-state index contributed by atoms with van der Waals surface area (Å²) >= 11 is 1.84. The molecule has 0 amide bonds. The summed E-state index contributed by atoms with van der Waals surface area (Å²) in [6.45, 7) is 0. The number of fused-ring (bicyclic) bond motifs is 7. The number of para-hydroxylation sites is 4. The predicted octanol–water partition coefficient (Wildman–Crippen LogP) is 10.8. The van der Waals surface area contributed by atoms with E-state index >= 15 is 0 Å². The molecule has 2 aromatic heterocycles. The van der Waals surface area contributed by atoms with Gasteiger partial charge in [-0.1, -0.05) is 200 Å². The van der Waals surface area contributed by atoms with Gasteiger partial charge in [0.2, 0.25) is 5.95 Å². The van der Waals surface area contributed by atoms with Crippen molar-refractivity contribution in [1.82, 2.24) is 9.97 Å². The molecule has 4 heterocycles. The Morgan fingerprint density at radius 2 is 0.718 bits per heavy atom. The Hall–Kier alpha value is -8.47. The fourth-order valence-electron chi connectivity index (χ4n) is 12.0. The lowest BCUT2D eigenvalue weighted by atomic mass is 10.1. The monoisotopic (exact) mass is 956 g/mol. The minimum atomic E-state index is -2.77. The number of nitrogens with zero attached hydrogens (tertiary/aromatic N) is 4. The number of rotatable bonds is 7. The van der Waals surface area contributed by atoms with Crippen LogP contribution in [0.25, 0.3) is 31.4 Å².